The van der Waals surface area contributed by atoms with E-state index in [4.69, 9.17) is 5.73 Å². The summed E-state index contributed by atoms with van der Waals surface area (Å²) in [5, 5.41) is 0. The molecule has 0 aromatic heterocycles. The third kappa shape index (κ3) is 3.03. The van der Waals surface area contributed by atoms with Crippen molar-refractivity contribution in [3.8, 4) is 0 Å². The molecular weight excluding hydrogens is 347 g/mol. The second kappa shape index (κ2) is 5.83. The second-order valence-corrected chi connectivity index (χ2v) is 6.81. The van der Waals surface area contributed by atoms with Gasteiger partial charge in [0.25, 0.3) is 0 Å². The molecule has 18 heavy (non-hydrogen) atoms. The van der Waals surface area contributed by atoms with Crippen LogP contribution in [0.2, 0.25) is 0 Å². The molecule has 0 unspecified atom stereocenters. The first-order valence-electron chi connectivity index (χ1n) is 5.12. The van der Waals surface area contributed by atoms with Crippen molar-refractivity contribution in [1.29, 1.82) is 0 Å². The molecule has 2 rings (SSSR count). The lowest BCUT2D eigenvalue weighted by Crippen LogP contribution is -2.32. The van der Waals surface area contributed by atoms with Crippen molar-refractivity contribution >= 4 is 38.4 Å². The van der Waals surface area contributed by atoms with Crippen LogP contribution < -0.4 is 5.73 Å². The fourth-order valence-corrected chi connectivity index (χ4v) is 3.69. The molecule has 1 fully saturated rings. The summed E-state index contributed by atoms with van der Waals surface area (Å²) in [6.45, 7) is 0.594. The lowest BCUT2D eigenvalue weighted by Gasteiger charge is -2.16. The van der Waals surface area contributed by atoms with Crippen LogP contribution in [0, 0.1) is 5.82 Å². The third-order valence-corrected chi connectivity index (χ3v) is 5.09. The van der Waals surface area contributed by atoms with Gasteiger partial charge in [-0.2, -0.15) is 4.31 Å². The molecule has 4 nitrogen and oxygen atoms in total. The number of hydrogen-bond acceptors (Lipinski definition) is 3. The first kappa shape index (κ1) is 15.8. The zero-order chi connectivity index (χ0) is 12.6. The minimum absolute atomic E-state index is 0. The SMILES string of the molecule is Cl.N[C@@H]1CCN(S(=O)(=O)c2ccc(Br)cc2F)C1. The molecule has 1 aromatic rings. The van der Waals surface area contributed by atoms with Gasteiger partial charge in [-0.1, -0.05) is 15.9 Å². The van der Waals surface area contributed by atoms with Crippen LogP contribution in [0.15, 0.2) is 27.6 Å². The van der Waals surface area contributed by atoms with Gasteiger partial charge in [0, 0.05) is 23.6 Å². The topological polar surface area (TPSA) is 63.4 Å². The van der Waals surface area contributed by atoms with E-state index in [2.05, 4.69) is 15.9 Å². The molecule has 0 radical (unpaired) electrons. The zero-order valence-corrected chi connectivity index (χ0v) is 12.6. The second-order valence-electron chi connectivity index (χ2n) is 3.99. The molecule has 1 aliphatic rings. The van der Waals surface area contributed by atoms with Gasteiger partial charge < -0.3 is 5.73 Å². The predicted octanol–water partition coefficient (Wildman–Crippen LogP) is 1.73. The van der Waals surface area contributed by atoms with Crippen molar-refractivity contribution in [2.45, 2.75) is 17.4 Å². The quantitative estimate of drug-likeness (QED) is 0.875. The Morgan fingerprint density at radius 2 is 2.11 bits per heavy atom. The Labute approximate surface area is 120 Å². The van der Waals surface area contributed by atoms with Crippen molar-refractivity contribution in [1.82, 2.24) is 4.31 Å². The molecule has 1 saturated heterocycles. The van der Waals surface area contributed by atoms with Gasteiger partial charge in [-0.3, -0.25) is 0 Å². The van der Waals surface area contributed by atoms with E-state index >= 15 is 0 Å². The molecule has 102 valence electrons. The van der Waals surface area contributed by atoms with Crippen LogP contribution in [0.4, 0.5) is 4.39 Å². The number of nitrogens with two attached hydrogens (primary N) is 1. The summed E-state index contributed by atoms with van der Waals surface area (Å²) < 4.78 is 39.6. The summed E-state index contributed by atoms with van der Waals surface area (Å²) in [5.74, 6) is -0.750. The smallest absolute Gasteiger partial charge is 0.246 e. The monoisotopic (exact) mass is 358 g/mol. The highest BCUT2D eigenvalue weighted by atomic mass is 79.9. The number of sulfonamides is 1. The fourth-order valence-electron chi connectivity index (χ4n) is 1.80. The summed E-state index contributed by atoms with van der Waals surface area (Å²) in [4.78, 5) is -0.296. The molecule has 0 amide bonds. The van der Waals surface area contributed by atoms with Crippen LogP contribution in [0.3, 0.4) is 0 Å². The van der Waals surface area contributed by atoms with Crippen molar-refractivity contribution in [2.24, 2.45) is 5.73 Å². The van der Waals surface area contributed by atoms with Crippen LogP contribution in [0.1, 0.15) is 6.42 Å². The van der Waals surface area contributed by atoms with Crippen LogP contribution in [-0.2, 0) is 10.0 Å². The molecule has 1 aliphatic heterocycles. The summed E-state index contributed by atoms with van der Waals surface area (Å²) >= 11 is 3.09. The van der Waals surface area contributed by atoms with Crippen LogP contribution in [-0.4, -0.2) is 31.9 Å². The maximum absolute atomic E-state index is 13.6. The van der Waals surface area contributed by atoms with E-state index in [0.29, 0.717) is 17.4 Å². The number of halogens is 3. The van der Waals surface area contributed by atoms with Gasteiger partial charge in [0.1, 0.15) is 10.7 Å². The molecule has 2 N–H and O–H groups in total. The molecule has 0 spiro atoms. The Morgan fingerprint density at radius 1 is 1.44 bits per heavy atom. The van der Waals surface area contributed by atoms with E-state index in [1.165, 1.54) is 16.4 Å². The Balaban J connectivity index is 0.00000162. The maximum atomic E-state index is 13.6. The third-order valence-electron chi connectivity index (χ3n) is 2.70. The van der Waals surface area contributed by atoms with E-state index in [1.54, 1.807) is 0 Å². The Kier molecular flexibility index (Phi) is 5.13. The average Bonchev–Trinajstić information content (AvgIpc) is 2.64. The highest BCUT2D eigenvalue weighted by Gasteiger charge is 2.32. The molecule has 0 bridgehead atoms. The predicted molar refractivity (Wildman–Crippen MR) is 72.7 cm³/mol. The number of hydrogen-bond donors (Lipinski definition) is 1. The Bertz CT molecular complexity index is 541. The standard InChI is InChI=1S/C10H12BrFN2O2S.ClH/c11-7-1-2-10(9(12)5-7)17(15,16)14-4-3-8(13)6-14;/h1-2,5,8H,3-4,6,13H2;1H/t8-;/m1./s1. The molecule has 1 aromatic carbocycles. The minimum Gasteiger partial charge on any atom is -0.326 e. The summed E-state index contributed by atoms with van der Waals surface area (Å²) in [7, 11) is -3.76. The van der Waals surface area contributed by atoms with Crippen molar-refractivity contribution in [3.63, 3.8) is 0 Å². The van der Waals surface area contributed by atoms with E-state index < -0.39 is 15.8 Å². The van der Waals surface area contributed by atoms with Crippen molar-refractivity contribution in [3.05, 3.63) is 28.5 Å². The lowest BCUT2D eigenvalue weighted by molar-refractivity contribution is 0.465. The highest BCUT2D eigenvalue weighted by Crippen LogP contribution is 2.24. The summed E-state index contributed by atoms with van der Waals surface area (Å²) in [6.07, 6.45) is 0.609. The van der Waals surface area contributed by atoms with E-state index in [-0.39, 0.29) is 29.9 Å². The molecule has 1 atom stereocenters. The van der Waals surface area contributed by atoms with Gasteiger partial charge in [-0.05, 0) is 24.6 Å². The molecule has 0 saturated carbocycles. The number of benzene rings is 1. The fraction of sp³-hybridized carbons (Fsp3) is 0.400. The molecular formula is C10H13BrClFN2O2S. The van der Waals surface area contributed by atoms with Gasteiger partial charge in [0.2, 0.25) is 10.0 Å². The largest absolute Gasteiger partial charge is 0.326 e. The van der Waals surface area contributed by atoms with Gasteiger partial charge in [-0.25, -0.2) is 12.8 Å². The summed E-state index contributed by atoms with van der Waals surface area (Å²) in [6, 6.07) is 3.75. The van der Waals surface area contributed by atoms with Gasteiger partial charge >= 0.3 is 0 Å². The number of nitrogens with zero attached hydrogens (tertiary/aromatic N) is 1. The van der Waals surface area contributed by atoms with Crippen LogP contribution in [0.25, 0.3) is 0 Å². The average molecular weight is 360 g/mol. The zero-order valence-electron chi connectivity index (χ0n) is 9.34. The normalized spacial score (nSPS) is 20.7. The number of rotatable bonds is 2. The highest BCUT2D eigenvalue weighted by molar-refractivity contribution is 9.10. The van der Waals surface area contributed by atoms with Crippen LogP contribution >= 0.6 is 28.3 Å². The molecule has 1 heterocycles. The Morgan fingerprint density at radius 3 is 2.61 bits per heavy atom. The van der Waals surface area contributed by atoms with E-state index in [9.17, 15) is 12.8 Å². The van der Waals surface area contributed by atoms with Gasteiger partial charge in [0.05, 0.1) is 0 Å². The molecule has 8 heteroatoms. The molecule has 0 aliphatic carbocycles. The van der Waals surface area contributed by atoms with Gasteiger partial charge in [-0.15, -0.1) is 12.4 Å². The van der Waals surface area contributed by atoms with Crippen LogP contribution in [0.5, 0.6) is 0 Å². The van der Waals surface area contributed by atoms with E-state index in [1.807, 2.05) is 0 Å². The van der Waals surface area contributed by atoms with Crippen molar-refractivity contribution in [2.75, 3.05) is 13.1 Å². The van der Waals surface area contributed by atoms with Crippen molar-refractivity contribution < 1.29 is 12.8 Å². The summed E-state index contributed by atoms with van der Waals surface area (Å²) in [5.41, 5.74) is 5.65. The maximum Gasteiger partial charge on any atom is 0.246 e. The Hall–Kier alpha value is -0.210. The first-order valence-corrected chi connectivity index (χ1v) is 7.35. The minimum atomic E-state index is -3.76. The van der Waals surface area contributed by atoms with E-state index in [0.717, 1.165) is 6.07 Å². The van der Waals surface area contributed by atoms with Gasteiger partial charge in [0.15, 0.2) is 0 Å². The lowest BCUT2D eigenvalue weighted by atomic mass is 10.3. The first-order chi connectivity index (χ1) is 7.91.